The van der Waals surface area contributed by atoms with Gasteiger partial charge in [-0.15, -0.1) is 0 Å². The maximum atomic E-state index is 3.64. The fourth-order valence-corrected chi connectivity index (χ4v) is 2.62. The van der Waals surface area contributed by atoms with Crippen LogP contribution in [0, 0.1) is 0 Å². The lowest BCUT2D eigenvalue weighted by Gasteiger charge is -2.13. The molecule has 1 unspecified atom stereocenters. The zero-order valence-corrected chi connectivity index (χ0v) is 9.46. The highest BCUT2D eigenvalue weighted by atomic mass is 79.9. The van der Waals surface area contributed by atoms with E-state index in [-0.39, 0.29) is 0 Å². The average Bonchev–Trinajstić information content (AvgIpc) is 2.37. The van der Waals surface area contributed by atoms with Crippen molar-refractivity contribution in [2.24, 2.45) is 0 Å². The van der Waals surface area contributed by atoms with Crippen LogP contribution in [-0.2, 0) is 0 Å². The van der Waals surface area contributed by atoms with Crippen molar-refractivity contribution in [1.82, 2.24) is 4.90 Å². The Kier molecular flexibility index (Phi) is 4.88. The summed E-state index contributed by atoms with van der Waals surface area (Å²) in [7, 11) is 0. The van der Waals surface area contributed by atoms with Gasteiger partial charge in [-0.05, 0) is 18.7 Å². The second-order valence-electron chi connectivity index (χ2n) is 2.88. The number of nitrogens with zero attached hydrogens (tertiary/aromatic N) is 1. The molecular formula is C8H16BrNS. The summed E-state index contributed by atoms with van der Waals surface area (Å²) in [6, 6.07) is 0. The molecule has 0 aromatic heterocycles. The molecule has 0 radical (unpaired) electrons. The van der Waals surface area contributed by atoms with Crippen LogP contribution >= 0.6 is 27.7 Å². The van der Waals surface area contributed by atoms with E-state index in [2.05, 4.69) is 27.8 Å². The van der Waals surface area contributed by atoms with Gasteiger partial charge in [-0.25, -0.2) is 0 Å². The van der Waals surface area contributed by atoms with E-state index in [0.29, 0.717) is 0 Å². The minimum atomic E-state index is 0.758. The number of likely N-dealkylation sites (tertiary alicyclic amines) is 1. The van der Waals surface area contributed by atoms with Crippen LogP contribution < -0.4 is 0 Å². The molecule has 0 N–H and O–H groups in total. The van der Waals surface area contributed by atoms with Crippen LogP contribution in [-0.4, -0.2) is 40.9 Å². The van der Waals surface area contributed by atoms with Crippen LogP contribution in [0.3, 0.4) is 0 Å². The number of rotatable bonds is 4. The smallest absolute Gasteiger partial charge is 0.0285 e. The number of halogens is 1. The minimum Gasteiger partial charge on any atom is -0.301 e. The van der Waals surface area contributed by atoms with Gasteiger partial charge in [0.1, 0.15) is 0 Å². The summed E-state index contributed by atoms with van der Waals surface area (Å²) in [6.07, 6.45) is 1.33. The molecule has 0 saturated carbocycles. The summed E-state index contributed by atoms with van der Waals surface area (Å²) >= 11 is 5.68. The molecule has 66 valence electrons. The Balaban J connectivity index is 1.99. The van der Waals surface area contributed by atoms with Crippen molar-refractivity contribution >= 4 is 27.7 Å². The van der Waals surface area contributed by atoms with Gasteiger partial charge in [0.2, 0.25) is 0 Å². The molecule has 11 heavy (non-hydrogen) atoms. The highest BCUT2D eigenvalue weighted by Crippen LogP contribution is 2.16. The molecule has 1 saturated heterocycles. The first-order chi connectivity index (χ1) is 5.33. The van der Waals surface area contributed by atoms with Crippen LogP contribution in [0.15, 0.2) is 0 Å². The van der Waals surface area contributed by atoms with E-state index < -0.39 is 0 Å². The first-order valence-corrected chi connectivity index (χ1v) is 6.34. The maximum absolute atomic E-state index is 3.64. The Morgan fingerprint density at radius 2 is 2.45 bits per heavy atom. The lowest BCUT2D eigenvalue weighted by atomic mass is 10.4. The van der Waals surface area contributed by atoms with E-state index in [9.17, 15) is 0 Å². The second kappa shape index (κ2) is 5.44. The Morgan fingerprint density at radius 3 is 3.00 bits per heavy atom. The monoisotopic (exact) mass is 237 g/mol. The largest absolute Gasteiger partial charge is 0.301 e. The van der Waals surface area contributed by atoms with Crippen molar-refractivity contribution in [1.29, 1.82) is 0 Å². The molecule has 1 heterocycles. The van der Waals surface area contributed by atoms with Gasteiger partial charge in [-0.2, -0.15) is 11.8 Å². The average molecular weight is 238 g/mol. The standard InChI is InChI=1S/C8H16BrNS/c1-2-11-6-5-10-4-3-8(9)7-10/h8H,2-7H2,1H3. The molecule has 0 aromatic rings. The normalized spacial score (nSPS) is 26.2. The number of alkyl halides is 1. The molecule has 1 aliphatic heterocycles. The van der Waals surface area contributed by atoms with Crippen molar-refractivity contribution in [3.63, 3.8) is 0 Å². The van der Waals surface area contributed by atoms with E-state index in [1.54, 1.807) is 0 Å². The molecule has 0 aromatic carbocycles. The van der Waals surface area contributed by atoms with Crippen LogP contribution in [0.2, 0.25) is 0 Å². The molecule has 1 aliphatic rings. The third-order valence-electron chi connectivity index (χ3n) is 1.97. The summed E-state index contributed by atoms with van der Waals surface area (Å²) < 4.78 is 0. The molecule has 0 amide bonds. The predicted octanol–water partition coefficient (Wildman–Crippen LogP) is 2.21. The van der Waals surface area contributed by atoms with Gasteiger partial charge in [0.25, 0.3) is 0 Å². The van der Waals surface area contributed by atoms with Crippen LogP contribution in [0.25, 0.3) is 0 Å². The Bertz CT molecular complexity index is 110. The Labute approximate surface area is 82.0 Å². The number of hydrogen-bond acceptors (Lipinski definition) is 2. The summed E-state index contributed by atoms with van der Waals surface area (Å²) in [4.78, 5) is 3.30. The first-order valence-electron chi connectivity index (χ1n) is 4.27. The van der Waals surface area contributed by atoms with Crippen molar-refractivity contribution in [3.05, 3.63) is 0 Å². The molecule has 1 rings (SSSR count). The van der Waals surface area contributed by atoms with E-state index in [1.165, 1.54) is 37.6 Å². The maximum Gasteiger partial charge on any atom is 0.0285 e. The summed E-state index contributed by atoms with van der Waals surface area (Å²) in [5, 5.41) is 0. The summed E-state index contributed by atoms with van der Waals surface area (Å²) in [5.74, 6) is 2.56. The van der Waals surface area contributed by atoms with Gasteiger partial charge in [0, 0.05) is 23.7 Å². The van der Waals surface area contributed by atoms with Gasteiger partial charge < -0.3 is 4.90 Å². The Hall–Kier alpha value is 0.790. The minimum absolute atomic E-state index is 0.758. The predicted molar refractivity (Wildman–Crippen MR) is 56.8 cm³/mol. The quantitative estimate of drug-likeness (QED) is 0.545. The third kappa shape index (κ3) is 3.81. The van der Waals surface area contributed by atoms with Crippen molar-refractivity contribution in [3.8, 4) is 0 Å². The summed E-state index contributed by atoms with van der Waals surface area (Å²) in [5.41, 5.74) is 0. The molecular weight excluding hydrogens is 222 g/mol. The van der Waals surface area contributed by atoms with Crippen molar-refractivity contribution in [2.75, 3.05) is 31.1 Å². The van der Waals surface area contributed by atoms with E-state index in [0.717, 1.165) is 4.83 Å². The second-order valence-corrected chi connectivity index (χ2v) is 5.57. The topological polar surface area (TPSA) is 3.24 Å². The lowest BCUT2D eigenvalue weighted by Crippen LogP contribution is -2.23. The first kappa shape index (κ1) is 9.87. The van der Waals surface area contributed by atoms with E-state index >= 15 is 0 Å². The van der Waals surface area contributed by atoms with Crippen LogP contribution in [0.4, 0.5) is 0 Å². The highest BCUT2D eigenvalue weighted by Gasteiger charge is 2.18. The van der Waals surface area contributed by atoms with Gasteiger partial charge in [0.05, 0.1) is 0 Å². The fraction of sp³-hybridized carbons (Fsp3) is 1.00. The van der Waals surface area contributed by atoms with Crippen LogP contribution in [0.1, 0.15) is 13.3 Å². The SMILES string of the molecule is CCSCCN1CCC(Br)C1. The molecule has 0 bridgehead atoms. The molecule has 3 heteroatoms. The Morgan fingerprint density at radius 1 is 1.64 bits per heavy atom. The number of thioether (sulfide) groups is 1. The van der Waals surface area contributed by atoms with E-state index in [1.807, 2.05) is 11.8 Å². The van der Waals surface area contributed by atoms with Crippen LogP contribution in [0.5, 0.6) is 0 Å². The number of hydrogen-bond donors (Lipinski definition) is 0. The molecule has 1 nitrogen and oxygen atoms in total. The third-order valence-corrected chi connectivity index (χ3v) is 3.60. The fourth-order valence-electron chi connectivity index (χ4n) is 1.33. The molecule has 0 spiro atoms. The van der Waals surface area contributed by atoms with Gasteiger partial charge in [0.15, 0.2) is 0 Å². The van der Waals surface area contributed by atoms with E-state index in [4.69, 9.17) is 0 Å². The lowest BCUT2D eigenvalue weighted by molar-refractivity contribution is 0.363. The molecule has 1 fully saturated rings. The van der Waals surface area contributed by atoms with Gasteiger partial charge in [-0.3, -0.25) is 0 Å². The zero-order chi connectivity index (χ0) is 8.10. The zero-order valence-electron chi connectivity index (χ0n) is 7.05. The summed E-state index contributed by atoms with van der Waals surface area (Å²) in [6.45, 7) is 6.05. The van der Waals surface area contributed by atoms with Gasteiger partial charge >= 0.3 is 0 Å². The van der Waals surface area contributed by atoms with Crippen molar-refractivity contribution < 1.29 is 0 Å². The highest BCUT2D eigenvalue weighted by molar-refractivity contribution is 9.09. The molecule has 1 atom stereocenters. The van der Waals surface area contributed by atoms with Gasteiger partial charge in [-0.1, -0.05) is 22.9 Å². The van der Waals surface area contributed by atoms with Crippen molar-refractivity contribution in [2.45, 2.75) is 18.2 Å². The molecule has 0 aliphatic carbocycles.